The van der Waals surface area contributed by atoms with E-state index < -0.39 is 109 Å². The van der Waals surface area contributed by atoms with E-state index in [0.29, 0.717) is 43.4 Å². The van der Waals surface area contributed by atoms with E-state index in [4.69, 9.17) is 28.4 Å². The number of nitrogens with one attached hydrogen (secondary N) is 1. The lowest BCUT2D eigenvalue weighted by Gasteiger charge is -2.39. The zero-order valence-corrected chi connectivity index (χ0v) is 35.7. The number of fused-ring (bicyclic) bond motifs is 2. The molecule has 1 spiro atoms. The van der Waals surface area contributed by atoms with Crippen LogP contribution in [0.5, 0.6) is 0 Å². The Morgan fingerprint density at radius 2 is 1.73 bits per heavy atom. The Morgan fingerprint density at radius 3 is 2.43 bits per heavy atom. The quantitative estimate of drug-likeness (QED) is 0.146. The molecule has 2 amide bonds. The fraction of sp³-hybridized carbons (Fsp3) is 0.565. The Bertz CT molecular complexity index is 2020. The van der Waals surface area contributed by atoms with Crippen LogP contribution in [0.4, 0.5) is 0 Å². The number of aliphatic hydroxyl groups excluding tert-OH is 5. The minimum absolute atomic E-state index is 0.00694. The van der Waals surface area contributed by atoms with Crippen molar-refractivity contribution in [2.24, 2.45) is 0 Å². The molecule has 2 aliphatic carbocycles. The normalized spacial score (nSPS) is 29.2. The van der Waals surface area contributed by atoms with Crippen LogP contribution in [0, 0.1) is 0 Å². The van der Waals surface area contributed by atoms with Crippen LogP contribution in [0.2, 0.25) is 0 Å². The van der Waals surface area contributed by atoms with Crippen molar-refractivity contribution in [3.63, 3.8) is 0 Å². The summed E-state index contributed by atoms with van der Waals surface area (Å²) in [6, 6.07) is 13.0. The molecule has 3 aliphatic heterocycles. The van der Waals surface area contributed by atoms with Crippen molar-refractivity contribution >= 4 is 29.8 Å². The first kappa shape index (κ1) is 46.4. The number of carbonyl (C=O) groups excluding carboxylic acids is 4. The zero-order chi connectivity index (χ0) is 45.1. The highest BCUT2D eigenvalue weighted by molar-refractivity contribution is 5.98. The number of aliphatic hydroxyl groups is 5. The summed E-state index contributed by atoms with van der Waals surface area (Å²) in [5.41, 5.74) is 2.61. The smallest absolute Gasteiger partial charge is 0.338 e. The predicted octanol–water partition coefficient (Wildman–Crippen LogP) is 1.24. The van der Waals surface area contributed by atoms with Crippen molar-refractivity contribution < 1.29 is 73.1 Å². The number of esters is 2. The van der Waals surface area contributed by atoms with E-state index in [0.717, 1.165) is 11.1 Å². The van der Waals surface area contributed by atoms with Crippen molar-refractivity contribution in [3.8, 4) is 0 Å². The first-order valence-corrected chi connectivity index (χ1v) is 21.5. The summed E-state index contributed by atoms with van der Waals surface area (Å²) < 4.78 is 35.8. The molecule has 7 rings (SSSR count). The summed E-state index contributed by atoms with van der Waals surface area (Å²) in [6.07, 6.45) is -2.44. The number of hydrogen-bond acceptors (Lipinski definition) is 15. The molecule has 17 nitrogen and oxygen atoms in total. The third kappa shape index (κ3) is 10.9. The Balaban J connectivity index is 1.03. The molecule has 0 bridgehead atoms. The van der Waals surface area contributed by atoms with Crippen molar-refractivity contribution in [1.29, 1.82) is 0 Å². The van der Waals surface area contributed by atoms with Gasteiger partial charge in [-0.1, -0.05) is 48.6 Å². The topological polar surface area (TPSA) is 240 Å². The van der Waals surface area contributed by atoms with Crippen molar-refractivity contribution in [1.82, 2.24) is 10.2 Å². The average molecular weight is 879 g/mol. The van der Waals surface area contributed by atoms with Gasteiger partial charge in [-0.3, -0.25) is 14.4 Å². The molecule has 2 aromatic carbocycles. The molecule has 342 valence electrons. The molecule has 0 radical (unpaired) electrons. The minimum atomic E-state index is -1.57. The second-order valence-corrected chi connectivity index (χ2v) is 17.8. The van der Waals surface area contributed by atoms with E-state index in [1.807, 2.05) is 24.3 Å². The van der Waals surface area contributed by atoms with Gasteiger partial charge in [0, 0.05) is 37.8 Å². The van der Waals surface area contributed by atoms with E-state index in [-0.39, 0.29) is 31.4 Å². The number of benzene rings is 2. The highest BCUT2D eigenvalue weighted by atomic mass is 16.8. The Kier molecular flexibility index (Phi) is 14.5. The Labute approximate surface area is 365 Å². The lowest BCUT2D eigenvalue weighted by atomic mass is 9.91. The molecule has 5 aliphatic rings. The molecule has 3 saturated heterocycles. The standard InChI is InChI=1S/C46H58N2O15/c1-45(2,3)62-36(51)16-15-31(24-49)47-41(55)32-14-7-17-48(32)42(56)30-20-33(40-34(21-30)61-46(63-40)22-28-11-4-5-12-29(28)23-46)59-43(57)27-13-6-9-26(19-27)10-8-18-58-44-39(54)38(53)37(52)35(25-50)60-44/h4-6,8-13,19,21,31-35,37-40,44,49-50,52-54H,7,14-18,20,22-25H2,1-3H3,(H,47,55). The Hall–Kier alpha value is -4.56. The zero-order valence-electron chi connectivity index (χ0n) is 35.7. The minimum Gasteiger partial charge on any atom is -0.460 e. The average Bonchev–Trinajstić information content (AvgIpc) is 3.99. The highest BCUT2D eigenvalue weighted by Crippen LogP contribution is 2.45. The van der Waals surface area contributed by atoms with Crippen LogP contribution in [0.15, 0.2) is 66.3 Å². The van der Waals surface area contributed by atoms with Gasteiger partial charge in [-0.05, 0) is 74.9 Å². The summed E-state index contributed by atoms with van der Waals surface area (Å²) in [5.74, 6) is -3.00. The van der Waals surface area contributed by atoms with Crippen molar-refractivity contribution in [2.75, 3.05) is 26.4 Å². The summed E-state index contributed by atoms with van der Waals surface area (Å²) in [7, 11) is 0. The van der Waals surface area contributed by atoms with Crippen molar-refractivity contribution in [3.05, 3.63) is 88.5 Å². The molecule has 3 fully saturated rings. The molecular formula is C46H58N2O15. The second kappa shape index (κ2) is 19.7. The molecule has 63 heavy (non-hydrogen) atoms. The van der Waals surface area contributed by atoms with Crippen LogP contribution in [-0.2, 0) is 55.6 Å². The third-order valence-electron chi connectivity index (χ3n) is 11.9. The van der Waals surface area contributed by atoms with Crippen LogP contribution >= 0.6 is 0 Å². The van der Waals surface area contributed by atoms with Crippen LogP contribution in [-0.4, -0.2) is 153 Å². The number of nitrogens with zero attached hydrogens (tertiary/aromatic N) is 1. The fourth-order valence-corrected chi connectivity index (χ4v) is 8.83. The number of likely N-dealkylation sites (tertiary alicyclic amines) is 1. The van der Waals surface area contributed by atoms with Gasteiger partial charge in [-0.15, -0.1) is 0 Å². The van der Waals surface area contributed by atoms with Gasteiger partial charge in [0.25, 0.3) is 0 Å². The molecule has 3 heterocycles. The van der Waals surface area contributed by atoms with E-state index in [1.54, 1.807) is 63.3 Å². The maximum Gasteiger partial charge on any atom is 0.338 e. The molecular weight excluding hydrogens is 821 g/mol. The largest absolute Gasteiger partial charge is 0.460 e. The molecule has 0 aromatic heterocycles. The summed E-state index contributed by atoms with van der Waals surface area (Å²) >= 11 is 0. The lowest BCUT2D eigenvalue weighted by Crippen LogP contribution is -2.59. The van der Waals surface area contributed by atoms with Gasteiger partial charge in [-0.25, -0.2) is 4.79 Å². The first-order chi connectivity index (χ1) is 30.1. The summed E-state index contributed by atoms with van der Waals surface area (Å²) in [4.78, 5) is 55.8. The fourth-order valence-electron chi connectivity index (χ4n) is 8.83. The number of rotatable bonds is 14. The molecule has 10 atom stereocenters. The van der Waals surface area contributed by atoms with Gasteiger partial charge >= 0.3 is 11.9 Å². The Morgan fingerprint density at radius 1 is 0.984 bits per heavy atom. The number of ether oxygens (including phenoxy) is 6. The summed E-state index contributed by atoms with van der Waals surface area (Å²) in [6.45, 7) is 4.51. The van der Waals surface area contributed by atoms with Crippen LogP contribution in [0.1, 0.15) is 79.9 Å². The van der Waals surface area contributed by atoms with Crippen LogP contribution in [0.25, 0.3) is 6.08 Å². The molecule has 6 N–H and O–H groups in total. The SMILES string of the molecule is CC(C)(C)OC(=O)CCC(CO)NC(=O)C1CCCN1C(=O)C1=CC2OC3(Cc4ccccc4C3)OC2C(OC(=O)c2cccc(C=CCOC3OC(CO)C(O)C(O)C3O)c2)C1. The highest BCUT2D eigenvalue weighted by Gasteiger charge is 2.55. The van der Waals surface area contributed by atoms with Gasteiger partial charge in [0.15, 0.2) is 12.1 Å². The van der Waals surface area contributed by atoms with E-state index in [1.165, 1.54) is 4.90 Å². The maximum atomic E-state index is 14.4. The van der Waals surface area contributed by atoms with E-state index in [2.05, 4.69) is 5.32 Å². The summed E-state index contributed by atoms with van der Waals surface area (Å²) in [5, 5.41) is 52.6. The van der Waals surface area contributed by atoms with Crippen molar-refractivity contribution in [2.45, 2.75) is 138 Å². The number of hydrogen-bond donors (Lipinski definition) is 6. The molecule has 10 unspecified atom stereocenters. The lowest BCUT2D eigenvalue weighted by molar-refractivity contribution is -0.298. The maximum absolute atomic E-state index is 14.4. The third-order valence-corrected chi connectivity index (χ3v) is 11.9. The van der Waals surface area contributed by atoms with Gasteiger partial charge in [0.2, 0.25) is 11.8 Å². The van der Waals surface area contributed by atoms with Crippen LogP contribution < -0.4 is 5.32 Å². The molecule has 0 saturated carbocycles. The van der Waals surface area contributed by atoms with E-state index in [9.17, 15) is 44.7 Å². The van der Waals surface area contributed by atoms with Gasteiger partial charge in [0.05, 0.1) is 31.4 Å². The molecule has 17 heteroatoms. The first-order valence-electron chi connectivity index (χ1n) is 21.5. The number of amides is 2. The van der Waals surface area contributed by atoms with Gasteiger partial charge in [0.1, 0.15) is 54.4 Å². The van der Waals surface area contributed by atoms with Gasteiger partial charge in [-0.2, -0.15) is 0 Å². The second-order valence-electron chi connectivity index (χ2n) is 17.8. The van der Waals surface area contributed by atoms with E-state index >= 15 is 0 Å². The monoisotopic (exact) mass is 878 g/mol. The van der Waals surface area contributed by atoms with Gasteiger partial charge < -0.3 is 64.2 Å². The molecule has 2 aromatic rings. The predicted molar refractivity (Wildman–Crippen MR) is 222 cm³/mol. The number of carbonyl (C=O) groups is 4. The van der Waals surface area contributed by atoms with Crippen LogP contribution in [0.3, 0.4) is 0 Å².